The van der Waals surface area contributed by atoms with E-state index in [1.807, 2.05) is 7.05 Å². The molecule has 0 aliphatic rings. The van der Waals surface area contributed by atoms with Gasteiger partial charge in [-0.2, -0.15) is 12.6 Å². The maximum Gasteiger partial charge on any atom is 0.127 e. The number of aryl methyl sites for hydroxylation is 2. The molecule has 0 saturated heterocycles. The van der Waals surface area contributed by atoms with Gasteiger partial charge >= 0.3 is 0 Å². The van der Waals surface area contributed by atoms with Crippen LogP contribution in [0.3, 0.4) is 0 Å². The lowest BCUT2D eigenvalue weighted by atomic mass is 9.99. The molecule has 0 aromatic heterocycles. The minimum absolute atomic E-state index is 0.0132. The van der Waals surface area contributed by atoms with E-state index in [2.05, 4.69) is 44.8 Å². The molecule has 0 radical (unpaired) electrons. The van der Waals surface area contributed by atoms with Crippen LogP contribution in [0.25, 0.3) is 0 Å². The van der Waals surface area contributed by atoms with Crippen molar-refractivity contribution in [2.45, 2.75) is 26.1 Å². The van der Waals surface area contributed by atoms with Gasteiger partial charge in [0.15, 0.2) is 0 Å². The Bertz CT molecular complexity index is 363. The Morgan fingerprint density at radius 1 is 1.27 bits per heavy atom. The van der Waals surface area contributed by atoms with Crippen LogP contribution < -0.4 is 10.1 Å². The number of benzene rings is 1. The zero-order chi connectivity index (χ0) is 11.6. The molecule has 1 rings (SSSR count). The Balaban J connectivity index is 3.41. The topological polar surface area (TPSA) is 21.3 Å². The molecule has 0 heterocycles. The highest BCUT2D eigenvalue weighted by molar-refractivity contribution is 7.80. The van der Waals surface area contributed by atoms with Crippen LogP contribution in [0.1, 0.15) is 27.6 Å². The molecule has 84 valence electrons. The van der Waals surface area contributed by atoms with Gasteiger partial charge in [0.1, 0.15) is 5.75 Å². The molecular weight excluding hydrogens is 206 g/mol. The molecule has 1 atom stereocenters. The summed E-state index contributed by atoms with van der Waals surface area (Å²) in [6.45, 7) is 6.26. The molecule has 15 heavy (non-hydrogen) atoms. The molecule has 1 aromatic carbocycles. The highest BCUT2D eigenvalue weighted by atomic mass is 32.1. The standard InChI is InChI=1S/C12H19NOS/c1-7-6-8(2)10(12(15)13-4)11(14-5)9(7)3/h6,12-13,15H,1-5H3. The second-order valence-electron chi connectivity index (χ2n) is 3.77. The van der Waals surface area contributed by atoms with Crippen molar-refractivity contribution >= 4 is 12.6 Å². The first-order valence-electron chi connectivity index (χ1n) is 5.03. The average Bonchev–Trinajstić information content (AvgIpc) is 2.21. The minimum atomic E-state index is 0.0132. The van der Waals surface area contributed by atoms with Crippen molar-refractivity contribution in [3.8, 4) is 5.75 Å². The van der Waals surface area contributed by atoms with E-state index in [-0.39, 0.29) is 5.37 Å². The molecule has 1 N–H and O–H groups in total. The van der Waals surface area contributed by atoms with Gasteiger partial charge in [0.25, 0.3) is 0 Å². The smallest absolute Gasteiger partial charge is 0.127 e. The van der Waals surface area contributed by atoms with Gasteiger partial charge in [-0.15, -0.1) is 0 Å². The third-order valence-electron chi connectivity index (χ3n) is 2.79. The van der Waals surface area contributed by atoms with Crippen molar-refractivity contribution in [3.05, 3.63) is 28.3 Å². The highest BCUT2D eigenvalue weighted by Crippen LogP contribution is 2.35. The maximum absolute atomic E-state index is 5.47. The number of rotatable bonds is 3. The lowest BCUT2D eigenvalue weighted by molar-refractivity contribution is 0.404. The molecule has 0 aliphatic heterocycles. The van der Waals surface area contributed by atoms with E-state index < -0.39 is 0 Å². The Hall–Kier alpha value is -0.670. The van der Waals surface area contributed by atoms with Gasteiger partial charge in [-0.3, -0.25) is 0 Å². The van der Waals surface area contributed by atoms with Crippen LogP contribution in [-0.4, -0.2) is 14.2 Å². The molecule has 2 nitrogen and oxygen atoms in total. The first-order valence-corrected chi connectivity index (χ1v) is 5.54. The molecule has 1 unspecified atom stereocenters. The molecular formula is C12H19NOS. The third kappa shape index (κ3) is 2.29. The van der Waals surface area contributed by atoms with E-state index in [0.717, 1.165) is 11.3 Å². The molecule has 0 amide bonds. The summed E-state index contributed by atoms with van der Waals surface area (Å²) in [6, 6.07) is 2.17. The van der Waals surface area contributed by atoms with Crippen LogP contribution in [-0.2, 0) is 0 Å². The van der Waals surface area contributed by atoms with Crippen LogP contribution in [0.15, 0.2) is 6.07 Å². The van der Waals surface area contributed by atoms with Crippen molar-refractivity contribution in [1.29, 1.82) is 0 Å². The molecule has 0 aliphatic carbocycles. The van der Waals surface area contributed by atoms with E-state index in [9.17, 15) is 0 Å². The quantitative estimate of drug-likeness (QED) is 0.610. The summed E-state index contributed by atoms with van der Waals surface area (Å²) in [5, 5.41) is 3.14. The minimum Gasteiger partial charge on any atom is -0.496 e. The van der Waals surface area contributed by atoms with E-state index in [1.54, 1.807) is 7.11 Å². The molecule has 0 fully saturated rings. The second-order valence-corrected chi connectivity index (χ2v) is 4.29. The zero-order valence-electron chi connectivity index (χ0n) is 10.0. The highest BCUT2D eigenvalue weighted by Gasteiger charge is 2.16. The van der Waals surface area contributed by atoms with E-state index in [4.69, 9.17) is 4.74 Å². The van der Waals surface area contributed by atoms with Gasteiger partial charge in [0.05, 0.1) is 12.5 Å². The van der Waals surface area contributed by atoms with Crippen molar-refractivity contribution in [2.75, 3.05) is 14.2 Å². The van der Waals surface area contributed by atoms with Gasteiger partial charge in [-0.25, -0.2) is 0 Å². The van der Waals surface area contributed by atoms with Crippen molar-refractivity contribution in [2.24, 2.45) is 0 Å². The van der Waals surface area contributed by atoms with E-state index >= 15 is 0 Å². The van der Waals surface area contributed by atoms with Gasteiger partial charge < -0.3 is 10.1 Å². The fraction of sp³-hybridized carbons (Fsp3) is 0.500. The number of hydrogen-bond acceptors (Lipinski definition) is 3. The summed E-state index contributed by atoms with van der Waals surface area (Å²) >= 11 is 4.50. The predicted molar refractivity (Wildman–Crippen MR) is 68.0 cm³/mol. The maximum atomic E-state index is 5.47. The second kappa shape index (κ2) is 4.90. The Kier molecular flexibility index (Phi) is 4.05. The summed E-state index contributed by atoms with van der Waals surface area (Å²) in [5.74, 6) is 0.946. The van der Waals surface area contributed by atoms with Crippen molar-refractivity contribution in [1.82, 2.24) is 5.32 Å². The summed E-state index contributed by atoms with van der Waals surface area (Å²) in [4.78, 5) is 0. The number of ether oxygens (including phenoxy) is 1. The summed E-state index contributed by atoms with van der Waals surface area (Å²) in [5.41, 5.74) is 4.79. The lowest BCUT2D eigenvalue weighted by Gasteiger charge is -2.20. The van der Waals surface area contributed by atoms with Crippen LogP contribution >= 0.6 is 12.6 Å². The molecule has 1 aromatic rings. The third-order valence-corrected chi connectivity index (χ3v) is 3.30. The molecule has 0 spiro atoms. The number of methoxy groups -OCH3 is 1. The normalized spacial score (nSPS) is 12.7. The Labute approximate surface area is 97.4 Å². The number of hydrogen-bond donors (Lipinski definition) is 2. The summed E-state index contributed by atoms with van der Waals surface area (Å²) < 4.78 is 5.47. The van der Waals surface area contributed by atoms with Crippen molar-refractivity contribution < 1.29 is 4.74 Å². The summed E-state index contributed by atoms with van der Waals surface area (Å²) in [6.07, 6.45) is 0. The molecule has 3 heteroatoms. The van der Waals surface area contributed by atoms with Gasteiger partial charge in [0, 0.05) is 5.56 Å². The van der Waals surface area contributed by atoms with Gasteiger partial charge in [-0.05, 0) is 44.5 Å². The van der Waals surface area contributed by atoms with Crippen LogP contribution in [0, 0.1) is 20.8 Å². The zero-order valence-corrected chi connectivity index (χ0v) is 10.9. The summed E-state index contributed by atoms with van der Waals surface area (Å²) in [7, 11) is 3.60. The first-order chi connectivity index (χ1) is 7.02. The van der Waals surface area contributed by atoms with Gasteiger partial charge in [-0.1, -0.05) is 6.07 Å². The SMILES string of the molecule is CNC(S)c1c(C)cc(C)c(C)c1OC. The number of nitrogens with one attached hydrogen (secondary N) is 1. The fourth-order valence-electron chi connectivity index (χ4n) is 1.82. The van der Waals surface area contributed by atoms with Gasteiger partial charge in [0.2, 0.25) is 0 Å². The molecule has 0 bridgehead atoms. The van der Waals surface area contributed by atoms with E-state index in [1.165, 1.54) is 16.7 Å². The monoisotopic (exact) mass is 225 g/mol. The Morgan fingerprint density at radius 3 is 2.33 bits per heavy atom. The number of thiol groups is 1. The van der Waals surface area contributed by atoms with Crippen molar-refractivity contribution in [3.63, 3.8) is 0 Å². The van der Waals surface area contributed by atoms with Crippen LogP contribution in [0.5, 0.6) is 5.75 Å². The molecule has 0 saturated carbocycles. The average molecular weight is 225 g/mol. The first kappa shape index (κ1) is 12.4. The fourth-order valence-corrected chi connectivity index (χ4v) is 2.14. The largest absolute Gasteiger partial charge is 0.496 e. The van der Waals surface area contributed by atoms with Crippen LogP contribution in [0.4, 0.5) is 0 Å². The van der Waals surface area contributed by atoms with Crippen LogP contribution in [0.2, 0.25) is 0 Å². The predicted octanol–water partition coefficient (Wildman–Crippen LogP) is 2.77. The Morgan fingerprint density at radius 2 is 1.87 bits per heavy atom. The van der Waals surface area contributed by atoms with E-state index in [0.29, 0.717) is 0 Å². The lowest BCUT2D eigenvalue weighted by Crippen LogP contribution is -2.13.